The molecule has 23 heavy (non-hydrogen) atoms. The van der Waals surface area contributed by atoms with Crippen molar-refractivity contribution in [3.05, 3.63) is 35.1 Å². The van der Waals surface area contributed by atoms with Gasteiger partial charge in [0.05, 0.1) is 12.6 Å². The molecule has 2 aliphatic heterocycles. The quantitative estimate of drug-likeness (QED) is 0.925. The first-order valence-electron chi connectivity index (χ1n) is 8.55. The van der Waals surface area contributed by atoms with E-state index >= 15 is 0 Å². The highest BCUT2D eigenvalue weighted by Crippen LogP contribution is 2.30. The van der Waals surface area contributed by atoms with E-state index in [0.29, 0.717) is 12.6 Å². The lowest BCUT2D eigenvalue weighted by molar-refractivity contribution is -0.135. The summed E-state index contributed by atoms with van der Waals surface area (Å²) in [6, 6.07) is 5.36. The number of nitrogens with one attached hydrogen (secondary N) is 1. The topological polar surface area (TPSA) is 35.6 Å². The molecule has 1 amide bonds. The molecular weight excluding hydrogens is 293 g/mol. The van der Waals surface area contributed by atoms with Crippen molar-refractivity contribution in [1.29, 1.82) is 0 Å². The molecule has 1 saturated heterocycles. The number of rotatable bonds is 3. The zero-order chi connectivity index (χ0) is 16.4. The standard InChI is InChI=1S/C18H26FN3O/c1-13-17-11-15(19)4-3-14(17)7-10-22(13)18(23)12-21(2)16-5-8-20-9-6-16/h3-4,11,13,16,20H,5-10,12H2,1-2H3/t13-/m1/s1. The lowest BCUT2D eigenvalue weighted by Crippen LogP contribution is -2.48. The Hall–Kier alpha value is -1.46. The van der Waals surface area contributed by atoms with Gasteiger partial charge in [-0.25, -0.2) is 4.39 Å². The van der Waals surface area contributed by atoms with Crippen LogP contribution < -0.4 is 5.32 Å². The largest absolute Gasteiger partial charge is 0.334 e. The minimum atomic E-state index is -0.225. The van der Waals surface area contributed by atoms with Crippen molar-refractivity contribution in [1.82, 2.24) is 15.1 Å². The van der Waals surface area contributed by atoms with Crippen LogP contribution in [0.5, 0.6) is 0 Å². The number of amides is 1. The average molecular weight is 319 g/mol. The number of halogens is 1. The molecule has 2 aliphatic rings. The molecule has 126 valence electrons. The third-order valence-corrected chi connectivity index (χ3v) is 5.28. The van der Waals surface area contributed by atoms with Crippen molar-refractivity contribution in [2.24, 2.45) is 0 Å². The molecular formula is C18H26FN3O. The normalized spacial score (nSPS) is 22.3. The number of likely N-dealkylation sites (N-methyl/N-ethyl adjacent to an activating group) is 1. The summed E-state index contributed by atoms with van der Waals surface area (Å²) in [5.41, 5.74) is 2.11. The molecule has 0 spiro atoms. The third kappa shape index (κ3) is 3.56. The number of piperidine rings is 1. The molecule has 0 bridgehead atoms. The predicted octanol–water partition coefficient (Wildman–Crippen LogP) is 1.96. The molecule has 0 unspecified atom stereocenters. The SMILES string of the molecule is C[C@@H]1c2cc(F)ccc2CCN1C(=O)CN(C)C1CCNCC1. The average Bonchev–Trinajstić information content (AvgIpc) is 2.56. The van der Waals surface area contributed by atoms with E-state index in [1.165, 1.54) is 6.07 Å². The molecule has 0 saturated carbocycles. The number of benzene rings is 1. The van der Waals surface area contributed by atoms with Crippen molar-refractivity contribution in [3.8, 4) is 0 Å². The minimum absolute atomic E-state index is 0.0524. The van der Waals surface area contributed by atoms with Gasteiger partial charge in [-0.15, -0.1) is 0 Å². The van der Waals surface area contributed by atoms with Gasteiger partial charge in [-0.2, -0.15) is 0 Å². The van der Waals surface area contributed by atoms with E-state index in [4.69, 9.17) is 0 Å². The number of nitrogens with zero attached hydrogens (tertiary/aromatic N) is 2. The predicted molar refractivity (Wildman–Crippen MR) is 88.8 cm³/mol. The Kier molecular flexibility index (Phi) is 4.97. The van der Waals surface area contributed by atoms with Crippen LogP contribution >= 0.6 is 0 Å². The zero-order valence-corrected chi connectivity index (χ0v) is 14.0. The maximum Gasteiger partial charge on any atom is 0.237 e. The van der Waals surface area contributed by atoms with E-state index in [1.54, 1.807) is 6.07 Å². The minimum Gasteiger partial charge on any atom is -0.334 e. The van der Waals surface area contributed by atoms with Gasteiger partial charge in [0.25, 0.3) is 0 Å². The van der Waals surface area contributed by atoms with Crippen LogP contribution in [0.15, 0.2) is 18.2 Å². The summed E-state index contributed by atoms with van der Waals surface area (Å²) in [7, 11) is 2.04. The van der Waals surface area contributed by atoms with Crippen LogP contribution in [0.2, 0.25) is 0 Å². The molecule has 1 aromatic carbocycles. The van der Waals surface area contributed by atoms with Gasteiger partial charge in [0.1, 0.15) is 5.82 Å². The molecule has 1 N–H and O–H groups in total. The zero-order valence-electron chi connectivity index (χ0n) is 14.0. The molecule has 5 heteroatoms. The lowest BCUT2D eigenvalue weighted by atomic mass is 9.93. The van der Waals surface area contributed by atoms with Gasteiger partial charge in [-0.05, 0) is 69.6 Å². The summed E-state index contributed by atoms with van der Waals surface area (Å²) in [5, 5.41) is 3.35. The van der Waals surface area contributed by atoms with Gasteiger partial charge >= 0.3 is 0 Å². The van der Waals surface area contributed by atoms with E-state index in [-0.39, 0.29) is 17.8 Å². The first-order chi connectivity index (χ1) is 11.1. The first kappa shape index (κ1) is 16.4. The molecule has 3 rings (SSSR count). The number of hydrogen-bond donors (Lipinski definition) is 1. The van der Waals surface area contributed by atoms with Gasteiger partial charge in [-0.1, -0.05) is 6.07 Å². The Bertz CT molecular complexity index is 571. The Morgan fingerprint density at radius 2 is 2.13 bits per heavy atom. The monoisotopic (exact) mass is 319 g/mol. The fourth-order valence-corrected chi connectivity index (χ4v) is 3.81. The number of carbonyl (C=O) groups is 1. The summed E-state index contributed by atoms with van der Waals surface area (Å²) >= 11 is 0. The maximum atomic E-state index is 13.5. The molecule has 2 heterocycles. The Labute approximate surface area is 137 Å². The highest BCUT2D eigenvalue weighted by atomic mass is 19.1. The second-order valence-electron chi connectivity index (χ2n) is 6.75. The van der Waals surface area contributed by atoms with Crippen LogP contribution in [0.1, 0.15) is 36.9 Å². The molecule has 0 radical (unpaired) electrons. The first-order valence-corrected chi connectivity index (χ1v) is 8.55. The van der Waals surface area contributed by atoms with Gasteiger partial charge in [-0.3, -0.25) is 9.69 Å². The van der Waals surface area contributed by atoms with Crippen LogP contribution in [0.3, 0.4) is 0 Å². The van der Waals surface area contributed by atoms with Crippen molar-refractivity contribution < 1.29 is 9.18 Å². The van der Waals surface area contributed by atoms with Crippen LogP contribution in [-0.4, -0.2) is 55.0 Å². The summed E-state index contributed by atoms with van der Waals surface area (Å²) in [5.74, 6) is -0.0785. The van der Waals surface area contributed by atoms with Crippen LogP contribution in [0.4, 0.5) is 4.39 Å². The number of fused-ring (bicyclic) bond motifs is 1. The summed E-state index contributed by atoms with van der Waals surface area (Å²) in [6.07, 6.45) is 2.99. The molecule has 1 fully saturated rings. The molecule has 4 nitrogen and oxygen atoms in total. The van der Waals surface area contributed by atoms with Gasteiger partial charge in [0, 0.05) is 12.6 Å². The molecule has 0 aliphatic carbocycles. The van der Waals surface area contributed by atoms with Crippen molar-refractivity contribution in [3.63, 3.8) is 0 Å². The smallest absolute Gasteiger partial charge is 0.237 e. The molecule has 1 aromatic rings. The summed E-state index contributed by atoms with van der Waals surface area (Å²) in [6.45, 7) is 5.21. The van der Waals surface area contributed by atoms with E-state index in [2.05, 4.69) is 10.2 Å². The molecule has 1 atom stereocenters. The van der Waals surface area contributed by atoms with Gasteiger partial charge in [0.2, 0.25) is 5.91 Å². The number of carbonyl (C=O) groups excluding carboxylic acids is 1. The van der Waals surface area contributed by atoms with Gasteiger partial charge in [0.15, 0.2) is 0 Å². The van der Waals surface area contributed by atoms with Crippen molar-refractivity contribution >= 4 is 5.91 Å². The third-order valence-electron chi connectivity index (χ3n) is 5.28. The highest BCUT2D eigenvalue weighted by molar-refractivity contribution is 5.79. The number of hydrogen-bond acceptors (Lipinski definition) is 3. The van der Waals surface area contributed by atoms with E-state index in [9.17, 15) is 9.18 Å². The van der Waals surface area contributed by atoms with E-state index in [1.807, 2.05) is 24.9 Å². The Morgan fingerprint density at radius 3 is 2.87 bits per heavy atom. The fraction of sp³-hybridized carbons (Fsp3) is 0.611. The van der Waals surface area contributed by atoms with E-state index < -0.39 is 0 Å². The lowest BCUT2D eigenvalue weighted by Gasteiger charge is -2.38. The Balaban J connectivity index is 1.66. The van der Waals surface area contributed by atoms with Gasteiger partial charge < -0.3 is 10.2 Å². The fourth-order valence-electron chi connectivity index (χ4n) is 3.81. The van der Waals surface area contributed by atoms with Crippen LogP contribution in [0, 0.1) is 5.82 Å². The molecule has 0 aromatic heterocycles. The second kappa shape index (κ2) is 6.97. The van der Waals surface area contributed by atoms with Crippen LogP contribution in [-0.2, 0) is 11.2 Å². The van der Waals surface area contributed by atoms with Crippen LogP contribution in [0.25, 0.3) is 0 Å². The summed E-state index contributed by atoms with van der Waals surface area (Å²) < 4.78 is 13.5. The van der Waals surface area contributed by atoms with Crippen molar-refractivity contribution in [2.75, 3.05) is 33.2 Å². The highest BCUT2D eigenvalue weighted by Gasteiger charge is 2.29. The van der Waals surface area contributed by atoms with E-state index in [0.717, 1.165) is 50.0 Å². The maximum absolute atomic E-state index is 13.5. The Morgan fingerprint density at radius 1 is 1.39 bits per heavy atom. The second-order valence-corrected chi connectivity index (χ2v) is 6.75. The van der Waals surface area contributed by atoms with Crippen molar-refractivity contribution in [2.45, 2.75) is 38.3 Å². The summed E-state index contributed by atoms with van der Waals surface area (Å²) in [4.78, 5) is 16.8.